The zero-order chi connectivity index (χ0) is 13.9. The first kappa shape index (κ1) is 15.2. The van der Waals surface area contributed by atoms with Crippen LogP contribution in [0.5, 0.6) is 0 Å². The molecule has 1 rings (SSSR count). The zero-order valence-corrected chi connectivity index (χ0v) is 11.1. The van der Waals surface area contributed by atoms with Crippen LogP contribution in [0.1, 0.15) is 31.7 Å². The molecule has 1 amide bonds. The first-order chi connectivity index (χ1) is 9.22. The molecular formula is C14H19NO4. The second-order valence-electron chi connectivity index (χ2n) is 3.96. The number of hydrogen-bond acceptors (Lipinski definition) is 4. The van der Waals surface area contributed by atoms with Gasteiger partial charge in [0, 0.05) is 12.8 Å². The van der Waals surface area contributed by atoms with Crippen LogP contribution < -0.4 is 5.48 Å². The number of hydroxylamine groups is 1. The highest BCUT2D eigenvalue weighted by atomic mass is 16.6. The lowest BCUT2D eigenvalue weighted by Gasteiger charge is -2.06. The third-order valence-corrected chi connectivity index (χ3v) is 2.36. The minimum atomic E-state index is -0.277. The summed E-state index contributed by atoms with van der Waals surface area (Å²) in [5.74, 6) is -0.513. The molecule has 0 saturated heterocycles. The summed E-state index contributed by atoms with van der Waals surface area (Å²) >= 11 is 0. The number of nitrogens with one attached hydrogen (secondary N) is 1. The van der Waals surface area contributed by atoms with E-state index < -0.39 is 0 Å². The highest BCUT2D eigenvalue weighted by Gasteiger charge is 2.05. The fourth-order valence-corrected chi connectivity index (χ4v) is 1.45. The van der Waals surface area contributed by atoms with Gasteiger partial charge in [-0.25, -0.2) is 5.48 Å². The van der Waals surface area contributed by atoms with Crippen LogP contribution in [0.2, 0.25) is 0 Å². The topological polar surface area (TPSA) is 64.6 Å². The number of carbonyl (C=O) groups is 2. The minimum absolute atomic E-state index is 0.236. The van der Waals surface area contributed by atoms with E-state index in [4.69, 9.17) is 9.57 Å². The molecule has 0 aromatic heterocycles. The van der Waals surface area contributed by atoms with E-state index in [9.17, 15) is 9.59 Å². The lowest BCUT2D eigenvalue weighted by molar-refractivity contribution is -0.143. The quantitative estimate of drug-likeness (QED) is 0.576. The Hall–Kier alpha value is -1.88. The summed E-state index contributed by atoms with van der Waals surface area (Å²) in [5.41, 5.74) is 3.33. The Kier molecular flexibility index (Phi) is 7.27. The average Bonchev–Trinajstić information content (AvgIpc) is 2.40. The molecule has 0 fully saturated rings. The summed E-state index contributed by atoms with van der Waals surface area (Å²) in [6.45, 7) is 2.44. The summed E-state index contributed by atoms with van der Waals surface area (Å²) in [6.07, 6.45) is 0.951. The van der Waals surface area contributed by atoms with Gasteiger partial charge in [0.25, 0.3) is 0 Å². The van der Waals surface area contributed by atoms with E-state index in [1.54, 1.807) is 6.92 Å². The summed E-state index contributed by atoms with van der Waals surface area (Å²) < 4.78 is 4.76. The molecule has 1 N–H and O–H groups in total. The first-order valence-corrected chi connectivity index (χ1v) is 6.32. The molecule has 1 aromatic carbocycles. The van der Waals surface area contributed by atoms with Gasteiger partial charge in [-0.1, -0.05) is 30.3 Å². The van der Waals surface area contributed by atoms with E-state index in [0.717, 1.165) is 5.56 Å². The fourth-order valence-electron chi connectivity index (χ4n) is 1.45. The third kappa shape index (κ3) is 7.21. The van der Waals surface area contributed by atoms with Gasteiger partial charge in [-0.05, 0) is 18.9 Å². The number of rotatable bonds is 8. The lowest BCUT2D eigenvalue weighted by Crippen LogP contribution is -2.23. The Morgan fingerprint density at radius 2 is 1.89 bits per heavy atom. The van der Waals surface area contributed by atoms with E-state index in [1.165, 1.54) is 0 Å². The van der Waals surface area contributed by atoms with Crippen molar-refractivity contribution in [3.63, 3.8) is 0 Å². The molecule has 1 aromatic rings. The highest BCUT2D eigenvalue weighted by Crippen LogP contribution is 2.00. The highest BCUT2D eigenvalue weighted by molar-refractivity contribution is 5.76. The normalized spacial score (nSPS) is 9.95. The van der Waals surface area contributed by atoms with E-state index >= 15 is 0 Å². The molecule has 0 aliphatic carbocycles. The van der Waals surface area contributed by atoms with Crippen molar-refractivity contribution in [2.24, 2.45) is 0 Å². The lowest BCUT2D eigenvalue weighted by atomic mass is 10.2. The zero-order valence-electron chi connectivity index (χ0n) is 11.1. The molecule has 0 unspecified atom stereocenters. The molecule has 0 bridgehead atoms. The molecule has 5 heteroatoms. The van der Waals surface area contributed by atoms with Gasteiger partial charge in [0.05, 0.1) is 13.2 Å². The van der Waals surface area contributed by atoms with Crippen LogP contribution in [0.4, 0.5) is 0 Å². The predicted octanol–water partition coefficient (Wildman–Crippen LogP) is 1.97. The van der Waals surface area contributed by atoms with Crippen LogP contribution in [0.25, 0.3) is 0 Å². The maximum Gasteiger partial charge on any atom is 0.305 e. The number of esters is 1. The van der Waals surface area contributed by atoms with Crippen molar-refractivity contribution in [2.75, 3.05) is 6.61 Å². The molecule has 5 nitrogen and oxygen atoms in total. The third-order valence-electron chi connectivity index (χ3n) is 2.36. The van der Waals surface area contributed by atoms with E-state index in [1.807, 2.05) is 30.3 Å². The number of hydrogen-bond donors (Lipinski definition) is 1. The number of ether oxygens (including phenoxy) is 1. The monoisotopic (exact) mass is 265 g/mol. The van der Waals surface area contributed by atoms with Crippen LogP contribution in [0.15, 0.2) is 30.3 Å². The maximum absolute atomic E-state index is 11.4. The summed E-state index contributed by atoms with van der Waals surface area (Å²) in [6, 6.07) is 9.54. The molecule has 0 aliphatic rings. The van der Waals surface area contributed by atoms with Crippen molar-refractivity contribution in [3.05, 3.63) is 35.9 Å². The van der Waals surface area contributed by atoms with Gasteiger partial charge >= 0.3 is 5.97 Å². The van der Waals surface area contributed by atoms with Gasteiger partial charge in [-0.15, -0.1) is 0 Å². The Labute approximate surface area is 112 Å². The smallest absolute Gasteiger partial charge is 0.305 e. The summed E-state index contributed by atoms with van der Waals surface area (Å²) in [5, 5.41) is 0. The maximum atomic E-state index is 11.4. The van der Waals surface area contributed by atoms with E-state index in [0.29, 0.717) is 19.6 Å². The number of amides is 1. The molecule has 0 heterocycles. The Balaban J connectivity index is 2.07. The average molecular weight is 265 g/mol. The van der Waals surface area contributed by atoms with Gasteiger partial charge in [0.15, 0.2) is 0 Å². The molecule has 0 radical (unpaired) electrons. The molecular weight excluding hydrogens is 246 g/mol. The van der Waals surface area contributed by atoms with Crippen molar-refractivity contribution < 1.29 is 19.2 Å². The van der Waals surface area contributed by atoms with E-state index in [2.05, 4.69) is 5.48 Å². The molecule has 104 valence electrons. The summed E-state index contributed by atoms with van der Waals surface area (Å²) in [4.78, 5) is 27.5. The molecule has 0 saturated carbocycles. The first-order valence-electron chi connectivity index (χ1n) is 6.32. The Morgan fingerprint density at radius 1 is 1.16 bits per heavy atom. The number of benzene rings is 1. The van der Waals surface area contributed by atoms with Crippen LogP contribution in [-0.4, -0.2) is 18.5 Å². The van der Waals surface area contributed by atoms with Crippen LogP contribution in [-0.2, 0) is 25.8 Å². The van der Waals surface area contributed by atoms with Gasteiger partial charge < -0.3 is 4.74 Å². The van der Waals surface area contributed by atoms with Crippen molar-refractivity contribution in [2.45, 2.75) is 32.8 Å². The largest absolute Gasteiger partial charge is 0.466 e. The van der Waals surface area contributed by atoms with Crippen molar-refractivity contribution in [3.8, 4) is 0 Å². The van der Waals surface area contributed by atoms with E-state index in [-0.39, 0.29) is 24.7 Å². The second-order valence-corrected chi connectivity index (χ2v) is 3.96. The van der Waals surface area contributed by atoms with Crippen molar-refractivity contribution in [1.29, 1.82) is 0 Å². The molecule has 0 atom stereocenters. The van der Waals surface area contributed by atoms with Gasteiger partial charge in [-0.3, -0.25) is 14.4 Å². The SMILES string of the molecule is CCOC(=O)CCCC(=O)NOCc1ccccc1. The van der Waals surface area contributed by atoms with Crippen molar-refractivity contribution in [1.82, 2.24) is 5.48 Å². The molecule has 19 heavy (non-hydrogen) atoms. The summed E-state index contributed by atoms with van der Waals surface area (Å²) in [7, 11) is 0. The van der Waals surface area contributed by atoms with Gasteiger partial charge in [0.1, 0.15) is 0 Å². The van der Waals surface area contributed by atoms with Crippen molar-refractivity contribution >= 4 is 11.9 Å². The molecule has 0 spiro atoms. The fraction of sp³-hybridized carbons (Fsp3) is 0.429. The van der Waals surface area contributed by atoms with Crippen LogP contribution >= 0.6 is 0 Å². The van der Waals surface area contributed by atoms with Crippen LogP contribution in [0, 0.1) is 0 Å². The second kappa shape index (κ2) is 9.10. The molecule has 0 aliphatic heterocycles. The van der Waals surface area contributed by atoms with Gasteiger partial charge in [0.2, 0.25) is 5.91 Å². The Bertz CT molecular complexity index is 392. The minimum Gasteiger partial charge on any atom is -0.466 e. The Morgan fingerprint density at radius 3 is 2.58 bits per heavy atom. The number of carbonyl (C=O) groups excluding carboxylic acids is 2. The van der Waals surface area contributed by atoms with Gasteiger partial charge in [-0.2, -0.15) is 0 Å². The van der Waals surface area contributed by atoms with Crippen LogP contribution in [0.3, 0.4) is 0 Å². The predicted molar refractivity (Wildman–Crippen MR) is 69.9 cm³/mol. The standard InChI is InChI=1S/C14H19NO4/c1-2-18-14(17)10-6-9-13(16)15-19-11-12-7-4-3-5-8-12/h3-5,7-8H,2,6,9-11H2,1H3,(H,15,16).